The minimum absolute atomic E-state index is 0.0114. The van der Waals surface area contributed by atoms with E-state index in [1.54, 1.807) is 0 Å². The maximum atomic E-state index is 11.7. The quantitative estimate of drug-likeness (QED) is 0.543. The highest BCUT2D eigenvalue weighted by Crippen LogP contribution is 2.08. The van der Waals surface area contributed by atoms with E-state index in [4.69, 9.17) is 0 Å². The van der Waals surface area contributed by atoms with Gasteiger partial charge in [-0.25, -0.2) is 0 Å². The standard InChI is InChI=1S/C10H15N3O3/c14-8-3-1-6(5-11-8)12-10(16)7-2-4-9(15)13-7/h6-7H,1-5H2,(H,11,14)(H,12,16)(H,13,15). The molecule has 2 aliphatic heterocycles. The molecule has 0 aliphatic carbocycles. The summed E-state index contributed by atoms with van der Waals surface area (Å²) in [5, 5.41) is 8.14. The maximum Gasteiger partial charge on any atom is 0.242 e. The van der Waals surface area contributed by atoms with Crippen LogP contribution in [0.3, 0.4) is 0 Å². The van der Waals surface area contributed by atoms with Gasteiger partial charge < -0.3 is 16.0 Å². The fraction of sp³-hybridized carbons (Fsp3) is 0.700. The second kappa shape index (κ2) is 4.51. The molecular formula is C10H15N3O3. The van der Waals surface area contributed by atoms with Crippen molar-refractivity contribution in [3.8, 4) is 0 Å². The Balaban J connectivity index is 1.79. The molecule has 16 heavy (non-hydrogen) atoms. The van der Waals surface area contributed by atoms with E-state index in [0.717, 1.165) is 0 Å². The van der Waals surface area contributed by atoms with Crippen molar-refractivity contribution in [3.63, 3.8) is 0 Å². The van der Waals surface area contributed by atoms with Crippen molar-refractivity contribution < 1.29 is 14.4 Å². The van der Waals surface area contributed by atoms with Crippen LogP contribution in [0, 0.1) is 0 Å². The predicted molar refractivity (Wildman–Crippen MR) is 55.3 cm³/mol. The van der Waals surface area contributed by atoms with Gasteiger partial charge in [0.2, 0.25) is 17.7 Å². The number of carbonyl (C=O) groups excluding carboxylic acids is 3. The topological polar surface area (TPSA) is 87.3 Å². The van der Waals surface area contributed by atoms with Gasteiger partial charge >= 0.3 is 0 Å². The molecule has 2 unspecified atom stereocenters. The van der Waals surface area contributed by atoms with Gasteiger partial charge in [-0.3, -0.25) is 14.4 Å². The normalized spacial score (nSPS) is 29.5. The minimum atomic E-state index is -0.398. The molecule has 2 rings (SSSR count). The summed E-state index contributed by atoms with van der Waals surface area (Å²) in [6.45, 7) is 0.477. The Kier molecular flexibility index (Phi) is 3.07. The molecule has 0 aromatic rings. The van der Waals surface area contributed by atoms with E-state index in [9.17, 15) is 14.4 Å². The largest absolute Gasteiger partial charge is 0.354 e. The predicted octanol–water partition coefficient (Wildman–Crippen LogP) is -1.34. The number of piperidine rings is 1. The molecule has 2 fully saturated rings. The molecule has 6 heteroatoms. The van der Waals surface area contributed by atoms with Crippen LogP contribution >= 0.6 is 0 Å². The van der Waals surface area contributed by atoms with Gasteiger partial charge in [0, 0.05) is 25.4 Å². The van der Waals surface area contributed by atoms with Gasteiger partial charge in [-0.1, -0.05) is 0 Å². The highest BCUT2D eigenvalue weighted by molar-refractivity contribution is 5.91. The third kappa shape index (κ3) is 2.50. The van der Waals surface area contributed by atoms with Gasteiger partial charge in [-0.2, -0.15) is 0 Å². The monoisotopic (exact) mass is 225 g/mol. The summed E-state index contributed by atoms with van der Waals surface area (Å²) in [7, 11) is 0. The zero-order chi connectivity index (χ0) is 11.5. The molecule has 0 bridgehead atoms. The summed E-state index contributed by atoms with van der Waals surface area (Å²) in [5.74, 6) is -0.191. The van der Waals surface area contributed by atoms with Gasteiger partial charge in [0.25, 0.3) is 0 Å². The summed E-state index contributed by atoms with van der Waals surface area (Å²) < 4.78 is 0. The molecule has 3 amide bonds. The van der Waals surface area contributed by atoms with Crippen LogP contribution in [0.2, 0.25) is 0 Å². The third-order valence-corrected chi connectivity index (χ3v) is 2.92. The lowest BCUT2D eigenvalue weighted by atomic mass is 10.1. The van der Waals surface area contributed by atoms with Crippen molar-refractivity contribution in [2.24, 2.45) is 0 Å². The van der Waals surface area contributed by atoms with Crippen LogP contribution in [0.15, 0.2) is 0 Å². The van der Waals surface area contributed by atoms with E-state index in [0.29, 0.717) is 32.2 Å². The van der Waals surface area contributed by atoms with Crippen LogP contribution in [-0.2, 0) is 14.4 Å². The number of rotatable bonds is 2. The first-order chi connectivity index (χ1) is 7.65. The number of carbonyl (C=O) groups is 3. The van der Waals surface area contributed by atoms with Crippen LogP contribution in [0.1, 0.15) is 25.7 Å². The lowest BCUT2D eigenvalue weighted by Crippen LogP contribution is -2.52. The van der Waals surface area contributed by atoms with Crippen LogP contribution in [0.25, 0.3) is 0 Å². The van der Waals surface area contributed by atoms with Gasteiger partial charge in [-0.05, 0) is 12.8 Å². The zero-order valence-corrected chi connectivity index (χ0v) is 8.91. The van der Waals surface area contributed by atoms with E-state index in [-0.39, 0.29) is 23.8 Å². The molecule has 2 saturated heterocycles. The molecule has 0 spiro atoms. The molecular weight excluding hydrogens is 210 g/mol. The molecule has 0 radical (unpaired) electrons. The summed E-state index contributed by atoms with van der Waals surface area (Å²) in [6.07, 6.45) is 2.09. The van der Waals surface area contributed by atoms with Crippen molar-refractivity contribution in [3.05, 3.63) is 0 Å². The van der Waals surface area contributed by atoms with Crippen LogP contribution in [0.5, 0.6) is 0 Å². The Morgan fingerprint density at radius 2 is 1.94 bits per heavy atom. The molecule has 0 aromatic heterocycles. The third-order valence-electron chi connectivity index (χ3n) is 2.92. The van der Waals surface area contributed by atoms with Crippen molar-refractivity contribution in [2.75, 3.05) is 6.54 Å². The zero-order valence-electron chi connectivity index (χ0n) is 8.91. The average molecular weight is 225 g/mol. The van der Waals surface area contributed by atoms with E-state index in [1.807, 2.05) is 0 Å². The minimum Gasteiger partial charge on any atom is -0.354 e. The van der Waals surface area contributed by atoms with Crippen molar-refractivity contribution in [2.45, 2.75) is 37.8 Å². The van der Waals surface area contributed by atoms with Gasteiger partial charge in [-0.15, -0.1) is 0 Å². The number of amides is 3. The fourth-order valence-corrected chi connectivity index (χ4v) is 1.97. The van der Waals surface area contributed by atoms with E-state index < -0.39 is 6.04 Å². The molecule has 6 nitrogen and oxygen atoms in total. The first-order valence-electron chi connectivity index (χ1n) is 5.51. The van der Waals surface area contributed by atoms with Crippen molar-refractivity contribution in [1.82, 2.24) is 16.0 Å². The summed E-state index contributed by atoms with van der Waals surface area (Å²) in [4.78, 5) is 33.6. The highest BCUT2D eigenvalue weighted by Gasteiger charge is 2.29. The summed E-state index contributed by atoms with van der Waals surface area (Å²) in [6, 6.07) is -0.409. The Morgan fingerprint density at radius 3 is 2.50 bits per heavy atom. The second-order valence-electron chi connectivity index (χ2n) is 4.21. The number of nitrogens with one attached hydrogen (secondary N) is 3. The molecule has 2 heterocycles. The van der Waals surface area contributed by atoms with Crippen LogP contribution < -0.4 is 16.0 Å². The molecule has 3 N–H and O–H groups in total. The molecule has 88 valence electrons. The van der Waals surface area contributed by atoms with Gasteiger partial charge in [0.05, 0.1) is 0 Å². The fourth-order valence-electron chi connectivity index (χ4n) is 1.97. The second-order valence-corrected chi connectivity index (χ2v) is 4.21. The Labute approximate surface area is 93.1 Å². The Bertz CT molecular complexity index is 319. The summed E-state index contributed by atoms with van der Waals surface area (Å²) in [5.41, 5.74) is 0. The van der Waals surface area contributed by atoms with Gasteiger partial charge in [0.15, 0.2) is 0 Å². The molecule has 0 saturated carbocycles. The highest BCUT2D eigenvalue weighted by atomic mass is 16.2. The van der Waals surface area contributed by atoms with E-state index >= 15 is 0 Å². The molecule has 2 aliphatic rings. The molecule has 0 aromatic carbocycles. The Morgan fingerprint density at radius 1 is 1.19 bits per heavy atom. The first-order valence-corrected chi connectivity index (χ1v) is 5.51. The van der Waals surface area contributed by atoms with Crippen molar-refractivity contribution >= 4 is 17.7 Å². The van der Waals surface area contributed by atoms with E-state index in [1.165, 1.54) is 0 Å². The van der Waals surface area contributed by atoms with E-state index in [2.05, 4.69) is 16.0 Å². The summed E-state index contributed by atoms with van der Waals surface area (Å²) >= 11 is 0. The lowest BCUT2D eigenvalue weighted by molar-refractivity contribution is -0.127. The SMILES string of the molecule is O=C1CCC(NC(=O)C2CCC(=O)N2)CN1. The molecule has 2 atom stereocenters. The lowest BCUT2D eigenvalue weighted by Gasteiger charge is -2.24. The Hall–Kier alpha value is -1.59. The smallest absolute Gasteiger partial charge is 0.242 e. The number of hydrogen-bond donors (Lipinski definition) is 3. The van der Waals surface area contributed by atoms with Gasteiger partial charge in [0.1, 0.15) is 6.04 Å². The van der Waals surface area contributed by atoms with Crippen molar-refractivity contribution in [1.29, 1.82) is 0 Å². The first kappa shape index (κ1) is 10.9. The number of hydrogen-bond acceptors (Lipinski definition) is 3. The van der Waals surface area contributed by atoms with Crippen LogP contribution in [0.4, 0.5) is 0 Å². The van der Waals surface area contributed by atoms with Crippen LogP contribution in [-0.4, -0.2) is 36.3 Å². The maximum absolute atomic E-state index is 11.7. The average Bonchev–Trinajstić information content (AvgIpc) is 2.68.